The first-order valence-corrected chi connectivity index (χ1v) is 8.53. The SMILES string of the molecule is O=Cc1cc(OCCCCCCCCn2ccnc2)ccc1[N+](=O)[O-]. The van der Waals surface area contributed by atoms with Crippen LogP contribution in [0.1, 0.15) is 48.9 Å². The molecule has 2 aromatic rings. The van der Waals surface area contributed by atoms with Crippen molar-refractivity contribution in [2.24, 2.45) is 0 Å². The van der Waals surface area contributed by atoms with Gasteiger partial charge in [-0.3, -0.25) is 14.9 Å². The highest BCUT2D eigenvalue weighted by molar-refractivity contribution is 5.82. The predicted octanol–water partition coefficient (Wildman–Crippen LogP) is 4.02. The number of nitrogens with zero attached hydrogens (tertiary/aromatic N) is 3. The number of benzene rings is 1. The maximum Gasteiger partial charge on any atom is 0.280 e. The molecule has 0 aliphatic carbocycles. The van der Waals surface area contributed by atoms with Gasteiger partial charge in [0.05, 0.1) is 23.4 Å². The number of aldehydes is 1. The first kappa shape index (κ1) is 18.6. The number of nitro groups is 1. The van der Waals surface area contributed by atoms with Gasteiger partial charge < -0.3 is 9.30 Å². The minimum absolute atomic E-state index is 0.0420. The molecule has 134 valence electrons. The summed E-state index contributed by atoms with van der Waals surface area (Å²) >= 11 is 0. The fourth-order valence-electron chi connectivity index (χ4n) is 2.60. The van der Waals surface area contributed by atoms with Crippen molar-refractivity contribution < 1.29 is 14.5 Å². The summed E-state index contributed by atoms with van der Waals surface area (Å²) in [6, 6.07) is 4.25. The van der Waals surface area contributed by atoms with E-state index >= 15 is 0 Å². The Balaban J connectivity index is 1.55. The molecule has 0 radical (unpaired) electrons. The van der Waals surface area contributed by atoms with Crippen LogP contribution in [0.3, 0.4) is 0 Å². The minimum Gasteiger partial charge on any atom is -0.494 e. The third-order valence-electron chi connectivity index (χ3n) is 3.96. The van der Waals surface area contributed by atoms with Gasteiger partial charge in [-0.15, -0.1) is 0 Å². The van der Waals surface area contributed by atoms with Crippen LogP contribution in [0.4, 0.5) is 5.69 Å². The molecule has 25 heavy (non-hydrogen) atoms. The molecule has 0 N–H and O–H groups in total. The number of ether oxygens (including phenoxy) is 1. The zero-order chi connectivity index (χ0) is 17.9. The number of rotatable bonds is 12. The van der Waals surface area contributed by atoms with Gasteiger partial charge in [0.25, 0.3) is 5.69 Å². The highest BCUT2D eigenvalue weighted by Crippen LogP contribution is 2.22. The Morgan fingerprint density at radius 1 is 1.16 bits per heavy atom. The largest absolute Gasteiger partial charge is 0.494 e. The van der Waals surface area contributed by atoms with Crippen molar-refractivity contribution in [1.82, 2.24) is 9.55 Å². The zero-order valence-corrected chi connectivity index (χ0v) is 14.2. The Kier molecular flexibility index (Phi) is 7.62. The van der Waals surface area contributed by atoms with Gasteiger partial charge >= 0.3 is 0 Å². The molecule has 0 atom stereocenters. The van der Waals surface area contributed by atoms with Crippen LogP contribution in [0, 0.1) is 10.1 Å². The summed E-state index contributed by atoms with van der Waals surface area (Å²) in [6.07, 6.45) is 12.8. The number of aryl methyl sites for hydroxylation is 1. The standard InChI is InChI=1S/C18H23N3O4/c22-14-16-13-17(7-8-18(16)21(23)24)25-12-6-4-2-1-3-5-10-20-11-9-19-15-20/h7-9,11,13-15H,1-6,10,12H2. The van der Waals surface area contributed by atoms with Gasteiger partial charge in [0.2, 0.25) is 0 Å². The molecular weight excluding hydrogens is 322 g/mol. The second-order valence-corrected chi connectivity index (χ2v) is 5.87. The van der Waals surface area contributed by atoms with Crippen molar-refractivity contribution >= 4 is 12.0 Å². The third-order valence-corrected chi connectivity index (χ3v) is 3.96. The molecule has 0 saturated carbocycles. The van der Waals surface area contributed by atoms with E-state index in [2.05, 4.69) is 9.55 Å². The summed E-state index contributed by atoms with van der Waals surface area (Å²) in [7, 11) is 0. The topological polar surface area (TPSA) is 87.3 Å². The number of carbonyl (C=O) groups excluding carboxylic acids is 1. The van der Waals surface area contributed by atoms with Crippen molar-refractivity contribution in [3.8, 4) is 5.75 Å². The number of carbonyl (C=O) groups is 1. The molecular formula is C18H23N3O4. The lowest BCUT2D eigenvalue weighted by Crippen LogP contribution is -2.00. The second-order valence-electron chi connectivity index (χ2n) is 5.87. The van der Waals surface area contributed by atoms with E-state index in [0.29, 0.717) is 18.6 Å². The van der Waals surface area contributed by atoms with E-state index in [4.69, 9.17) is 4.74 Å². The highest BCUT2D eigenvalue weighted by Gasteiger charge is 2.13. The van der Waals surface area contributed by atoms with Crippen molar-refractivity contribution in [1.29, 1.82) is 0 Å². The van der Waals surface area contributed by atoms with Gasteiger partial charge in [0.15, 0.2) is 6.29 Å². The lowest BCUT2D eigenvalue weighted by atomic mass is 10.1. The van der Waals surface area contributed by atoms with E-state index in [0.717, 1.165) is 32.2 Å². The normalized spacial score (nSPS) is 10.6. The van der Waals surface area contributed by atoms with Gasteiger partial charge in [-0.25, -0.2) is 4.98 Å². The third kappa shape index (κ3) is 6.37. The molecule has 0 aliphatic rings. The van der Waals surface area contributed by atoms with Crippen molar-refractivity contribution in [2.75, 3.05) is 6.61 Å². The number of hydrogen-bond donors (Lipinski definition) is 0. The van der Waals surface area contributed by atoms with Crippen LogP contribution in [0.25, 0.3) is 0 Å². The molecule has 7 nitrogen and oxygen atoms in total. The summed E-state index contributed by atoms with van der Waals surface area (Å²) in [5.74, 6) is 0.494. The zero-order valence-electron chi connectivity index (χ0n) is 14.2. The fraction of sp³-hybridized carbons (Fsp3) is 0.444. The number of aromatic nitrogens is 2. The molecule has 0 saturated heterocycles. The molecule has 7 heteroatoms. The predicted molar refractivity (Wildman–Crippen MR) is 93.9 cm³/mol. The Hall–Kier alpha value is -2.70. The van der Waals surface area contributed by atoms with E-state index < -0.39 is 4.92 Å². The monoisotopic (exact) mass is 345 g/mol. The molecule has 1 aromatic carbocycles. The maximum absolute atomic E-state index is 10.9. The van der Waals surface area contributed by atoms with Gasteiger partial charge in [-0.05, 0) is 25.0 Å². The van der Waals surface area contributed by atoms with Crippen LogP contribution in [-0.2, 0) is 6.54 Å². The molecule has 1 aromatic heterocycles. The van der Waals surface area contributed by atoms with Crippen LogP contribution in [-0.4, -0.2) is 27.4 Å². The Labute approximate surface area is 146 Å². The lowest BCUT2D eigenvalue weighted by Gasteiger charge is -2.07. The summed E-state index contributed by atoms with van der Waals surface area (Å²) in [4.78, 5) is 25.1. The highest BCUT2D eigenvalue weighted by atomic mass is 16.6. The van der Waals surface area contributed by atoms with Crippen LogP contribution >= 0.6 is 0 Å². The fourth-order valence-corrected chi connectivity index (χ4v) is 2.60. The van der Waals surface area contributed by atoms with Crippen LogP contribution in [0.2, 0.25) is 0 Å². The smallest absolute Gasteiger partial charge is 0.280 e. The second kappa shape index (κ2) is 10.2. The van der Waals surface area contributed by atoms with Crippen molar-refractivity contribution in [2.45, 2.75) is 45.1 Å². The van der Waals surface area contributed by atoms with Crippen LogP contribution in [0.15, 0.2) is 36.9 Å². The number of hydrogen-bond acceptors (Lipinski definition) is 5. The van der Waals surface area contributed by atoms with Crippen molar-refractivity contribution in [3.05, 3.63) is 52.6 Å². The molecule has 0 bridgehead atoms. The minimum atomic E-state index is -0.569. The molecule has 0 fully saturated rings. The number of nitro benzene ring substituents is 1. The van der Waals surface area contributed by atoms with E-state index in [1.54, 1.807) is 6.20 Å². The van der Waals surface area contributed by atoms with E-state index in [1.807, 2.05) is 12.5 Å². The van der Waals surface area contributed by atoms with Crippen LogP contribution in [0.5, 0.6) is 5.75 Å². The van der Waals surface area contributed by atoms with Gasteiger partial charge in [0.1, 0.15) is 5.75 Å². The van der Waals surface area contributed by atoms with Gasteiger partial charge in [-0.2, -0.15) is 0 Å². The van der Waals surface area contributed by atoms with E-state index in [1.165, 1.54) is 31.0 Å². The average molecular weight is 345 g/mol. The number of imidazole rings is 1. The van der Waals surface area contributed by atoms with E-state index in [9.17, 15) is 14.9 Å². The summed E-state index contributed by atoms with van der Waals surface area (Å²) in [6.45, 7) is 1.56. The van der Waals surface area contributed by atoms with Gasteiger partial charge in [-0.1, -0.05) is 25.7 Å². The van der Waals surface area contributed by atoms with Gasteiger partial charge in [0, 0.05) is 25.0 Å². The summed E-state index contributed by atoms with van der Waals surface area (Å²) < 4.78 is 7.66. The summed E-state index contributed by atoms with van der Waals surface area (Å²) in [5.41, 5.74) is -0.154. The molecule has 2 rings (SSSR count). The molecule has 0 aliphatic heterocycles. The first-order valence-electron chi connectivity index (χ1n) is 8.53. The lowest BCUT2D eigenvalue weighted by molar-refractivity contribution is -0.385. The Morgan fingerprint density at radius 3 is 2.60 bits per heavy atom. The number of unbranched alkanes of at least 4 members (excludes halogenated alkanes) is 5. The van der Waals surface area contributed by atoms with Crippen LogP contribution < -0.4 is 4.74 Å². The Bertz CT molecular complexity index is 671. The maximum atomic E-state index is 10.9. The average Bonchev–Trinajstić information content (AvgIpc) is 3.13. The Morgan fingerprint density at radius 2 is 1.92 bits per heavy atom. The first-order chi connectivity index (χ1) is 12.2. The summed E-state index contributed by atoms with van der Waals surface area (Å²) in [5, 5.41) is 10.8. The molecule has 0 unspecified atom stereocenters. The quantitative estimate of drug-likeness (QED) is 0.251. The molecule has 1 heterocycles. The van der Waals surface area contributed by atoms with E-state index in [-0.39, 0.29) is 11.3 Å². The molecule has 0 spiro atoms. The van der Waals surface area contributed by atoms with Crippen molar-refractivity contribution in [3.63, 3.8) is 0 Å². The molecule has 0 amide bonds.